The van der Waals surface area contributed by atoms with Crippen molar-refractivity contribution in [3.8, 4) is 0 Å². The molecular weight excluding hydrogens is 209 g/mol. The van der Waals surface area contributed by atoms with Crippen molar-refractivity contribution in [3.63, 3.8) is 0 Å². The first-order valence-corrected chi connectivity index (χ1v) is 6.22. The Balaban J connectivity index is 1.80. The van der Waals surface area contributed by atoms with Crippen molar-refractivity contribution in [2.45, 2.75) is 38.3 Å². The smallest absolute Gasteiger partial charge is 0.0720 e. The molecule has 1 N–H and O–H groups in total. The summed E-state index contributed by atoms with van der Waals surface area (Å²) in [5, 5.41) is 7.90. The van der Waals surface area contributed by atoms with Gasteiger partial charge in [0.1, 0.15) is 0 Å². The van der Waals surface area contributed by atoms with Crippen molar-refractivity contribution in [2.75, 3.05) is 0 Å². The highest BCUT2D eigenvalue weighted by Gasteiger charge is 2.24. The molecule has 1 fully saturated rings. The van der Waals surface area contributed by atoms with Crippen LogP contribution in [0.15, 0.2) is 30.3 Å². The van der Waals surface area contributed by atoms with Gasteiger partial charge < -0.3 is 10.1 Å². The van der Waals surface area contributed by atoms with Crippen LogP contribution in [-0.4, -0.2) is 19.7 Å². The molecule has 1 aliphatic rings. The molecule has 0 aliphatic heterocycles. The molecule has 88 valence electrons. The zero-order chi connectivity index (χ0) is 12.1. The first kappa shape index (κ1) is 12.4. The predicted molar refractivity (Wildman–Crippen MR) is 70.6 cm³/mol. The molecule has 0 bridgehead atoms. The van der Waals surface area contributed by atoms with Crippen molar-refractivity contribution in [1.82, 2.24) is 0 Å². The first-order chi connectivity index (χ1) is 8.29. The summed E-state index contributed by atoms with van der Waals surface area (Å²) >= 11 is 0. The lowest BCUT2D eigenvalue weighted by molar-refractivity contribution is 0.0312. The minimum Gasteiger partial charge on any atom is -0.373 e. The highest BCUT2D eigenvalue weighted by Crippen LogP contribution is 2.26. The lowest BCUT2D eigenvalue weighted by Gasteiger charge is -2.29. The highest BCUT2D eigenvalue weighted by atomic mass is 16.5. The van der Waals surface area contributed by atoms with Gasteiger partial charge in [-0.25, -0.2) is 0 Å². The second-order valence-electron chi connectivity index (χ2n) is 4.66. The molecule has 2 unspecified atom stereocenters. The fraction of sp³-hybridized carbons (Fsp3) is 0.500. The number of hydrogen-bond donors (Lipinski definition) is 1. The van der Waals surface area contributed by atoms with Crippen molar-refractivity contribution in [2.24, 2.45) is 5.92 Å². The summed E-state index contributed by atoms with van der Waals surface area (Å²) in [6, 6.07) is 10.2. The highest BCUT2D eigenvalue weighted by molar-refractivity contribution is 6.10. The molecule has 2 atom stereocenters. The summed E-state index contributed by atoms with van der Waals surface area (Å²) < 4.78 is 5.85. The number of rotatable bonds is 4. The van der Waals surface area contributed by atoms with E-state index in [1.807, 2.05) is 18.2 Å². The van der Waals surface area contributed by atoms with E-state index in [0.29, 0.717) is 12.9 Å². The molecule has 0 saturated heterocycles. The van der Waals surface area contributed by atoms with Crippen LogP contribution in [-0.2, 0) is 11.3 Å². The van der Waals surface area contributed by atoms with E-state index in [0.717, 1.165) is 25.0 Å². The van der Waals surface area contributed by atoms with Gasteiger partial charge in [-0.05, 0) is 24.3 Å². The lowest BCUT2D eigenvalue weighted by atomic mass is 9.78. The molecule has 2 nitrogen and oxygen atoms in total. The van der Waals surface area contributed by atoms with E-state index in [1.165, 1.54) is 5.56 Å². The van der Waals surface area contributed by atoms with Gasteiger partial charge in [0.05, 0.1) is 20.6 Å². The Morgan fingerprint density at radius 2 is 2.00 bits per heavy atom. The van der Waals surface area contributed by atoms with Crippen molar-refractivity contribution >= 4 is 13.6 Å². The van der Waals surface area contributed by atoms with Gasteiger partial charge in [-0.1, -0.05) is 36.7 Å². The normalized spacial score (nSPS) is 24.8. The molecule has 1 aromatic carbocycles. The summed E-state index contributed by atoms with van der Waals surface area (Å²) in [4.78, 5) is 0. The molecule has 0 heterocycles. The Morgan fingerprint density at radius 3 is 2.65 bits per heavy atom. The fourth-order valence-corrected chi connectivity index (χ4v) is 2.27. The Bertz CT molecular complexity index is 366. The Labute approximate surface area is 104 Å². The average Bonchev–Trinajstić information content (AvgIpc) is 2.38. The van der Waals surface area contributed by atoms with Gasteiger partial charge in [-0.3, -0.25) is 0 Å². The maximum Gasteiger partial charge on any atom is 0.0720 e. The van der Waals surface area contributed by atoms with Crippen LogP contribution in [0.4, 0.5) is 0 Å². The fourth-order valence-electron chi connectivity index (χ4n) is 2.27. The quantitative estimate of drug-likeness (QED) is 0.788. The molecule has 0 spiro atoms. The van der Waals surface area contributed by atoms with Crippen molar-refractivity contribution in [3.05, 3.63) is 35.9 Å². The van der Waals surface area contributed by atoms with E-state index in [-0.39, 0.29) is 12.0 Å². The summed E-state index contributed by atoms with van der Waals surface area (Å²) in [5.41, 5.74) is 1.96. The van der Waals surface area contributed by atoms with Gasteiger partial charge in [-0.2, -0.15) is 0 Å². The van der Waals surface area contributed by atoms with Crippen LogP contribution >= 0.6 is 0 Å². The molecule has 1 saturated carbocycles. The van der Waals surface area contributed by atoms with E-state index in [9.17, 15) is 0 Å². The van der Waals surface area contributed by atoms with Crippen LogP contribution in [0.3, 0.4) is 0 Å². The van der Waals surface area contributed by atoms with Gasteiger partial charge in [0, 0.05) is 12.1 Å². The number of hydrogen-bond acceptors (Lipinski definition) is 2. The summed E-state index contributed by atoms with van der Waals surface area (Å²) in [6.07, 6.45) is 3.57. The zero-order valence-electron chi connectivity index (χ0n) is 10.1. The Hall–Kier alpha value is -1.09. The first-order valence-electron chi connectivity index (χ1n) is 6.22. The minimum atomic E-state index is 0.200. The third kappa shape index (κ3) is 3.43. The molecule has 0 aromatic heterocycles. The van der Waals surface area contributed by atoms with Crippen LogP contribution in [0, 0.1) is 11.3 Å². The van der Waals surface area contributed by atoms with E-state index in [2.05, 4.69) is 12.1 Å². The minimum absolute atomic E-state index is 0.200. The molecule has 3 heteroatoms. The standard InChI is InChI=1S/C14H18BNO/c15-9-12-6-7-13(8-14(12)16)17-10-11-4-2-1-3-5-11/h1-5,12-13,16H,6-10H2. The number of ether oxygens (including phenoxy) is 1. The summed E-state index contributed by atoms with van der Waals surface area (Å²) in [6.45, 7) is 0.645. The molecule has 1 aromatic rings. The van der Waals surface area contributed by atoms with Crippen LogP contribution in [0.25, 0.3) is 0 Å². The lowest BCUT2D eigenvalue weighted by Crippen LogP contribution is -2.29. The predicted octanol–water partition coefficient (Wildman–Crippen LogP) is 2.98. The van der Waals surface area contributed by atoms with E-state index >= 15 is 0 Å². The monoisotopic (exact) mass is 227 g/mol. The topological polar surface area (TPSA) is 33.1 Å². The zero-order valence-corrected chi connectivity index (χ0v) is 10.1. The van der Waals surface area contributed by atoms with E-state index in [1.54, 1.807) is 0 Å². The molecule has 1 aliphatic carbocycles. The van der Waals surface area contributed by atoms with Crippen molar-refractivity contribution < 1.29 is 4.74 Å². The van der Waals surface area contributed by atoms with E-state index < -0.39 is 0 Å². The van der Waals surface area contributed by atoms with E-state index in [4.69, 9.17) is 18.0 Å². The van der Waals surface area contributed by atoms with Crippen LogP contribution in [0.5, 0.6) is 0 Å². The molecule has 2 rings (SSSR count). The Morgan fingerprint density at radius 1 is 1.24 bits per heavy atom. The maximum atomic E-state index is 7.90. The second kappa shape index (κ2) is 6.01. The molecule has 17 heavy (non-hydrogen) atoms. The second-order valence-corrected chi connectivity index (χ2v) is 4.66. The largest absolute Gasteiger partial charge is 0.373 e. The van der Waals surface area contributed by atoms with Gasteiger partial charge >= 0.3 is 0 Å². The third-order valence-electron chi connectivity index (χ3n) is 3.39. The average molecular weight is 227 g/mol. The van der Waals surface area contributed by atoms with Crippen molar-refractivity contribution in [1.29, 1.82) is 5.41 Å². The van der Waals surface area contributed by atoms with Gasteiger partial charge in [0.15, 0.2) is 0 Å². The van der Waals surface area contributed by atoms with Crippen LogP contribution in [0.1, 0.15) is 24.8 Å². The van der Waals surface area contributed by atoms with Gasteiger partial charge in [0.2, 0.25) is 0 Å². The Kier molecular flexibility index (Phi) is 4.38. The third-order valence-corrected chi connectivity index (χ3v) is 3.39. The number of nitrogens with one attached hydrogen (secondary N) is 1. The molecule has 2 radical (unpaired) electrons. The van der Waals surface area contributed by atoms with Crippen LogP contribution in [0.2, 0.25) is 6.32 Å². The van der Waals surface area contributed by atoms with Crippen LogP contribution < -0.4 is 0 Å². The maximum absolute atomic E-state index is 7.90. The SMILES string of the molecule is [B]CC1CCC(OCc2ccccc2)CC1=N. The number of benzene rings is 1. The van der Waals surface area contributed by atoms with Gasteiger partial charge in [0.25, 0.3) is 0 Å². The summed E-state index contributed by atoms with van der Waals surface area (Å²) in [5.74, 6) is 0.284. The summed E-state index contributed by atoms with van der Waals surface area (Å²) in [7, 11) is 5.62. The molecule has 0 amide bonds. The molecular formula is C14H18BNO. The van der Waals surface area contributed by atoms with Gasteiger partial charge in [-0.15, -0.1) is 0 Å².